The van der Waals surface area contributed by atoms with Crippen molar-refractivity contribution in [1.82, 2.24) is 0 Å². The summed E-state index contributed by atoms with van der Waals surface area (Å²) in [5.41, 5.74) is 5.16. The van der Waals surface area contributed by atoms with Crippen LogP contribution in [0.4, 0.5) is 0 Å². The van der Waals surface area contributed by atoms with Crippen LogP contribution in [0.3, 0.4) is 0 Å². The van der Waals surface area contributed by atoms with E-state index in [1.54, 1.807) is 12.1 Å². The SMILES string of the molecule is COC(=O)c1ccc2c(c1)[C@@H]1CC(=O)C=C[C@]1(C)OC/C2=C\c1ccccc1C. The topological polar surface area (TPSA) is 52.6 Å². The number of methoxy groups -OCH3 is 1. The van der Waals surface area contributed by atoms with Crippen LogP contribution in [0.1, 0.15) is 51.9 Å². The van der Waals surface area contributed by atoms with Gasteiger partial charge in [-0.2, -0.15) is 0 Å². The monoisotopic (exact) mass is 388 g/mol. The van der Waals surface area contributed by atoms with Crippen molar-refractivity contribution in [2.45, 2.75) is 31.8 Å². The van der Waals surface area contributed by atoms with Crippen molar-refractivity contribution in [3.63, 3.8) is 0 Å². The predicted molar refractivity (Wildman–Crippen MR) is 113 cm³/mol. The zero-order valence-corrected chi connectivity index (χ0v) is 16.9. The van der Waals surface area contributed by atoms with Gasteiger partial charge in [-0.1, -0.05) is 30.3 Å². The number of ketones is 1. The maximum absolute atomic E-state index is 12.2. The highest BCUT2D eigenvalue weighted by atomic mass is 16.5. The second-order valence-corrected chi connectivity index (χ2v) is 7.85. The van der Waals surface area contributed by atoms with Crippen molar-refractivity contribution < 1.29 is 19.1 Å². The van der Waals surface area contributed by atoms with Crippen molar-refractivity contribution in [2.75, 3.05) is 13.7 Å². The van der Waals surface area contributed by atoms with Gasteiger partial charge in [0.2, 0.25) is 0 Å². The van der Waals surface area contributed by atoms with Crippen LogP contribution in [-0.4, -0.2) is 31.1 Å². The molecule has 4 rings (SSSR count). The first-order chi connectivity index (χ1) is 13.9. The van der Waals surface area contributed by atoms with E-state index >= 15 is 0 Å². The Morgan fingerprint density at radius 2 is 2.03 bits per heavy atom. The summed E-state index contributed by atoms with van der Waals surface area (Å²) < 4.78 is 11.3. The van der Waals surface area contributed by atoms with E-state index in [9.17, 15) is 9.59 Å². The molecular formula is C25H24O4. The maximum Gasteiger partial charge on any atom is 0.337 e. The number of ether oxygens (including phenoxy) is 2. The average Bonchev–Trinajstić information content (AvgIpc) is 2.84. The van der Waals surface area contributed by atoms with Crippen LogP contribution in [0.15, 0.2) is 54.6 Å². The number of carbonyl (C=O) groups excluding carboxylic acids is 2. The fraction of sp³-hybridized carbons (Fsp3) is 0.280. The molecular weight excluding hydrogens is 364 g/mol. The van der Waals surface area contributed by atoms with Crippen LogP contribution < -0.4 is 0 Å². The van der Waals surface area contributed by atoms with Gasteiger partial charge in [0.25, 0.3) is 0 Å². The van der Waals surface area contributed by atoms with Gasteiger partial charge < -0.3 is 9.47 Å². The zero-order chi connectivity index (χ0) is 20.6. The molecule has 0 radical (unpaired) electrons. The third-order valence-electron chi connectivity index (χ3n) is 5.95. The van der Waals surface area contributed by atoms with Gasteiger partial charge in [-0.3, -0.25) is 4.79 Å². The number of esters is 1. The van der Waals surface area contributed by atoms with Gasteiger partial charge >= 0.3 is 5.97 Å². The highest BCUT2D eigenvalue weighted by Crippen LogP contribution is 2.45. The van der Waals surface area contributed by atoms with Crippen molar-refractivity contribution in [3.8, 4) is 0 Å². The molecule has 2 aliphatic rings. The van der Waals surface area contributed by atoms with E-state index in [0.717, 1.165) is 22.3 Å². The number of benzene rings is 2. The molecule has 4 nitrogen and oxygen atoms in total. The van der Waals surface area contributed by atoms with Crippen LogP contribution in [0, 0.1) is 6.92 Å². The Hall–Kier alpha value is -2.98. The quantitative estimate of drug-likeness (QED) is 0.699. The molecule has 29 heavy (non-hydrogen) atoms. The first-order valence-corrected chi connectivity index (χ1v) is 9.76. The summed E-state index contributed by atoms with van der Waals surface area (Å²) in [6.45, 7) is 4.50. The molecule has 0 saturated carbocycles. The number of hydrogen-bond donors (Lipinski definition) is 0. The lowest BCUT2D eigenvalue weighted by atomic mass is 9.74. The number of fused-ring (bicyclic) bond motifs is 3. The second kappa shape index (κ2) is 7.45. The highest BCUT2D eigenvalue weighted by Gasteiger charge is 2.42. The van der Waals surface area contributed by atoms with Crippen LogP contribution >= 0.6 is 0 Å². The van der Waals surface area contributed by atoms with Crippen molar-refractivity contribution in [1.29, 1.82) is 0 Å². The average molecular weight is 388 g/mol. The number of allylic oxidation sites excluding steroid dienone is 1. The Bertz CT molecular complexity index is 1050. The molecule has 0 N–H and O–H groups in total. The Morgan fingerprint density at radius 1 is 1.24 bits per heavy atom. The summed E-state index contributed by atoms with van der Waals surface area (Å²) in [6, 6.07) is 13.8. The molecule has 0 spiro atoms. The van der Waals surface area contributed by atoms with Crippen LogP contribution in [0.2, 0.25) is 0 Å². The summed E-state index contributed by atoms with van der Waals surface area (Å²) in [7, 11) is 1.37. The molecule has 2 aromatic carbocycles. The van der Waals surface area contributed by atoms with E-state index in [1.807, 2.05) is 37.3 Å². The summed E-state index contributed by atoms with van der Waals surface area (Å²) in [6.07, 6.45) is 5.95. The van der Waals surface area contributed by atoms with E-state index in [0.29, 0.717) is 18.6 Å². The van der Waals surface area contributed by atoms with Gasteiger partial charge in [0, 0.05) is 12.3 Å². The summed E-state index contributed by atoms with van der Waals surface area (Å²) in [4.78, 5) is 24.4. The second-order valence-electron chi connectivity index (χ2n) is 7.85. The maximum atomic E-state index is 12.2. The molecule has 0 unspecified atom stereocenters. The number of aryl methyl sites for hydroxylation is 1. The molecule has 0 aromatic heterocycles. The Labute approximate surface area is 170 Å². The third-order valence-corrected chi connectivity index (χ3v) is 5.95. The fourth-order valence-corrected chi connectivity index (χ4v) is 4.17. The number of rotatable bonds is 2. The summed E-state index contributed by atoms with van der Waals surface area (Å²) in [5.74, 6) is -0.485. The minimum Gasteiger partial charge on any atom is -0.465 e. The first-order valence-electron chi connectivity index (χ1n) is 9.76. The van der Waals surface area contributed by atoms with Crippen LogP contribution in [-0.2, 0) is 14.3 Å². The van der Waals surface area contributed by atoms with Crippen molar-refractivity contribution in [2.24, 2.45) is 0 Å². The van der Waals surface area contributed by atoms with Gasteiger partial charge in [-0.05, 0) is 72.0 Å². The van der Waals surface area contributed by atoms with Crippen LogP contribution in [0.5, 0.6) is 0 Å². The van der Waals surface area contributed by atoms with E-state index in [2.05, 4.69) is 25.1 Å². The van der Waals surface area contributed by atoms with Crippen molar-refractivity contribution in [3.05, 3.63) is 82.4 Å². The van der Waals surface area contributed by atoms with Gasteiger partial charge in [0.1, 0.15) is 0 Å². The van der Waals surface area contributed by atoms with Gasteiger partial charge in [-0.25, -0.2) is 4.79 Å². The molecule has 4 heteroatoms. The standard InChI is InChI=1S/C25H24O4/c1-16-6-4-5-7-17(16)12-19-15-29-25(2)11-10-20(26)14-23(25)22-13-18(24(27)28-3)8-9-21(19)22/h4-13,23H,14-15H2,1-3H3/b19-12+/t23-,25-/m0/s1. The van der Waals surface area contributed by atoms with Gasteiger partial charge in [0.15, 0.2) is 5.78 Å². The summed E-state index contributed by atoms with van der Waals surface area (Å²) in [5, 5.41) is 0. The Balaban J connectivity index is 1.91. The van der Waals surface area contributed by atoms with E-state index in [4.69, 9.17) is 9.47 Å². The molecule has 2 atom stereocenters. The smallest absolute Gasteiger partial charge is 0.337 e. The molecule has 148 valence electrons. The zero-order valence-electron chi connectivity index (χ0n) is 16.9. The van der Waals surface area contributed by atoms with Gasteiger partial charge in [-0.15, -0.1) is 0 Å². The lowest BCUT2D eigenvalue weighted by Gasteiger charge is -2.36. The minimum atomic E-state index is -0.612. The number of hydrogen-bond acceptors (Lipinski definition) is 4. The molecule has 0 bridgehead atoms. The molecule has 0 fully saturated rings. The van der Waals surface area contributed by atoms with Crippen LogP contribution in [0.25, 0.3) is 11.6 Å². The molecule has 0 amide bonds. The predicted octanol–water partition coefficient (Wildman–Crippen LogP) is 4.72. The lowest BCUT2D eigenvalue weighted by molar-refractivity contribution is -0.117. The minimum absolute atomic E-state index is 0.0665. The first kappa shape index (κ1) is 19.3. The molecule has 0 saturated heterocycles. The van der Waals surface area contributed by atoms with Crippen molar-refractivity contribution >= 4 is 23.4 Å². The van der Waals surface area contributed by atoms with E-state index in [-0.39, 0.29) is 17.7 Å². The Morgan fingerprint density at radius 3 is 2.79 bits per heavy atom. The molecule has 1 heterocycles. The lowest BCUT2D eigenvalue weighted by Crippen LogP contribution is -2.37. The number of carbonyl (C=O) groups is 2. The van der Waals surface area contributed by atoms with E-state index in [1.165, 1.54) is 12.7 Å². The largest absolute Gasteiger partial charge is 0.465 e. The summed E-state index contributed by atoms with van der Waals surface area (Å²) >= 11 is 0. The Kier molecular flexibility index (Phi) is 4.97. The normalized spacial score (nSPS) is 24.6. The molecule has 2 aromatic rings. The van der Waals surface area contributed by atoms with E-state index < -0.39 is 5.60 Å². The third kappa shape index (κ3) is 3.56. The molecule has 1 aliphatic carbocycles. The van der Waals surface area contributed by atoms with Gasteiger partial charge in [0.05, 0.1) is 24.9 Å². The fourth-order valence-electron chi connectivity index (χ4n) is 4.17. The molecule has 1 aliphatic heterocycles. The highest BCUT2D eigenvalue weighted by molar-refractivity contribution is 5.94.